The Morgan fingerprint density at radius 3 is 0.976 bits per heavy atom. The fourth-order valence-corrected chi connectivity index (χ4v) is 5.89. The molecule has 2 heteroatoms. The number of hydrogen-bond acceptors (Lipinski definition) is 2. The van der Waals surface area contributed by atoms with Gasteiger partial charge in [-0.1, -0.05) is 124 Å². The van der Waals surface area contributed by atoms with Crippen LogP contribution in [0.2, 0.25) is 0 Å². The van der Waals surface area contributed by atoms with Crippen LogP contribution in [-0.2, 0) is 25.7 Å². The van der Waals surface area contributed by atoms with Crippen LogP contribution in [0.4, 0.5) is 11.4 Å². The van der Waals surface area contributed by atoms with E-state index in [0.29, 0.717) is 0 Å². The third-order valence-corrected chi connectivity index (χ3v) is 8.71. The van der Waals surface area contributed by atoms with Crippen LogP contribution in [0.15, 0.2) is 84.9 Å². The van der Waals surface area contributed by atoms with Crippen LogP contribution in [0.5, 0.6) is 0 Å². The zero-order valence-corrected chi connectivity index (χ0v) is 26.1. The molecular formula is C40H52N2. The molecule has 0 fully saturated rings. The molecule has 4 aromatic rings. The molecule has 0 bridgehead atoms. The van der Waals surface area contributed by atoms with Gasteiger partial charge < -0.3 is 11.5 Å². The van der Waals surface area contributed by atoms with E-state index in [2.05, 4.69) is 86.6 Å². The summed E-state index contributed by atoms with van der Waals surface area (Å²) in [5.41, 5.74) is 24.3. The van der Waals surface area contributed by atoms with Gasteiger partial charge in [-0.2, -0.15) is 0 Å². The molecule has 2 nitrogen and oxygen atoms in total. The third-order valence-electron chi connectivity index (χ3n) is 8.71. The summed E-state index contributed by atoms with van der Waals surface area (Å²) in [6, 6.07) is 31.2. The number of aryl methyl sites for hydroxylation is 4. The minimum Gasteiger partial charge on any atom is -0.399 e. The maximum Gasteiger partial charge on any atom is 0.0343 e. The van der Waals surface area contributed by atoms with Gasteiger partial charge in [0.15, 0.2) is 0 Å². The van der Waals surface area contributed by atoms with Gasteiger partial charge in [0.1, 0.15) is 0 Å². The van der Waals surface area contributed by atoms with Crippen molar-refractivity contribution in [1.29, 1.82) is 0 Å². The lowest BCUT2D eigenvalue weighted by Gasteiger charge is -2.07. The van der Waals surface area contributed by atoms with Gasteiger partial charge in [0.25, 0.3) is 0 Å². The monoisotopic (exact) mass is 560 g/mol. The van der Waals surface area contributed by atoms with Crippen LogP contribution in [0, 0.1) is 13.8 Å². The van der Waals surface area contributed by atoms with Gasteiger partial charge >= 0.3 is 0 Å². The van der Waals surface area contributed by atoms with Crippen molar-refractivity contribution in [1.82, 2.24) is 0 Å². The Labute approximate surface area is 255 Å². The average Bonchev–Trinajstić information content (AvgIpc) is 2.99. The summed E-state index contributed by atoms with van der Waals surface area (Å²) >= 11 is 0. The topological polar surface area (TPSA) is 52.0 Å². The van der Waals surface area contributed by atoms with E-state index in [0.717, 1.165) is 24.2 Å². The molecule has 0 saturated carbocycles. The summed E-state index contributed by atoms with van der Waals surface area (Å²) in [6.07, 6.45) is 18.0. The van der Waals surface area contributed by atoms with E-state index in [9.17, 15) is 0 Å². The van der Waals surface area contributed by atoms with E-state index in [1.165, 1.54) is 122 Å². The lowest BCUT2D eigenvalue weighted by molar-refractivity contribution is 0.551. The molecule has 0 aliphatic carbocycles. The first-order valence-electron chi connectivity index (χ1n) is 16.3. The van der Waals surface area contributed by atoms with Gasteiger partial charge in [-0.05, 0) is 109 Å². The van der Waals surface area contributed by atoms with Gasteiger partial charge in [0.05, 0.1) is 0 Å². The van der Waals surface area contributed by atoms with E-state index in [4.69, 9.17) is 11.5 Å². The summed E-state index contributed by atoms with van der Waals surface area (Å²) in [4.78, 5) is 0. The fourth-order valence-electron chi connectivity index (χ4n) is 5.89. The zero-order chi connectivity index (χ0) is 29.6. The molecule has 0 unspecified atom stereocenters. The van der Waals surface area contributed by atoms with Gasteiger partial charge in [0, 0.05) is 11.4 Å². The van der Waals surface area contributed by atoms with Gasteiger partial charge in [-0.15, -0.1) is 0 Å². The SMILES string of the molecule is Cc1cc(Cc2ccc(CCCCCCCCCCCCc3ccc(Cc4ccc(N)c(C)c4)cc3)cc2)ccc1N. The zero-order valence-electron chi connectivity index (χ0n) is 26.1. The van der Waals surface area contributed by atoms with Crippen molar-refractivity contribution < 1.29 is 0 Å². The normalized spacial score (nSPS) is 11.2. The van der Waals surface area contributed by atoms with Crippen LogP contribution >= 0.6 is 0 Å². The second-order valence-corrected chi connectivity index (χ2v) is 12.4. The lowest BCUT2D eigenvalue weighted by Crippen LogP contribution is -1.94. The van der Waals surface area contributed by atoms with Crippen molar-refractivity contribution in [3.63, 3.8) is 0 Å². The molecule has 42 heavy (non-hydrogen) atoms. The molecule has 4 rings (SSSR count). The maximum absolute atomic E-state index is 5.95. The van der Waals surface area contributed by atoms with E-state index in [-0.39, 0.29) is 0 Å². The highest BCUT2D eigenvalue weighted by Crippen LogP contribution is 2.19. The number of nitrogens with two attached hydrogens (primary N) is 2. The number of nitrogen functional groups attached to an aromatic ring is 2. The Morgan fingerprint density at radius 1 is 0.357 bits per heavy atom. The highest BCUT2D eigenvalue weighted by atomic mass is 14.6. The number of hydrogen-bond donors (Lipinski definition) is 2. The highest BCUT2D eigenvalue weighted by molar-refractivity contribution is 5.49. The van der Waals surface area contributed by atoms with E-state index >= 15 is 0 Å². The Hall–Kier alpha value is -3.52. The molecule has 0 saturated heterocycles. The van der Waals surface area contributed by atoms with Crippen molar-refractivity contribution in [3.05, 3.63) is 129 Å². The second-order valence-electron chi connectivity index (χ2n) is 12.4. The molecule has 0 aliphatic heterocycles. The largest absolute Gasteiger partial charge is 0.399 e. The van der Waals surface area contributed by atoms with E-state index < -0.39 is 0 Å². The second kappa shape index (κ2) is 16.8. The minimum atomic E-state index is 0.875. The van der Waals surface area contributed by atoms with Gasteiger partial charge in [-0.25, -0.2) is 0 Å². The summed E-state index contributed by atoms with van der Waals surface area (Å²) in [6.45, 7) is 4.16. The average molecular weight is 561 g/mol. The predicted molar refractivity (Wildman–Crippen MR) is 183 cm³/mol. The summed E-state index contributed by atoms with van der Waals surface area (Å²) in [5.74, 6) is 0. The first-order valence-corrected chi connectivity index (χ1v) is 16.3. The third kappa shape index (κ3) is 10.7. The van der Waals surface area contributed by atoms with E-state index in [1.54, 1.807) is 0 Å². The molecule has 0 aromatic heterocycles. The van der Waals surface area contributed by atoms with E-state index in [1.807, 2.05) is 12.1 Å². The smallest absolute Gasteiger partial charge is 0.0343 e. The van der Waals surface area contributed by atoms with Crippen molar-refractivity contribution in [2.45, 2.75) is 104 Å². The Morgan fingerprint density at radius 2 is 0.643 bits per heavy atom. The Balaban J connectivity index is 0.975. The molecule has 4 aromatic carbocycles. The molecule has 0 spiro atoms. The number of anilines is 2. The molecular weight excluding hydrogens is 508 g/mol. The lowest BCUT2D eigenvalue weighted by atomic mass is 9.99. The van der Waals surface area contributed by atoms with Crippen LogP contribution in [0.3, 0.4) is 0 Å². The quantitative estimate of drug-likeness (QED) is 0.0997. The molecule has 0 heterocycles. The van der Waals surface area contributed by atoms with Gasteiger partial charge in [0.2, 0.25) is 0 Å². The first kappa shape index (κ1) is 31.4. The predicted octanol–water partition coefficient (Wildman–Crippen LogP) is 10.3. The molecule has 0 amide bonds. The van der Waals surface area contributed by atoms with Gasteiger partial charge in [-0.3, -0.25) is 0 Å². The standard InChI is InChI=1S/C40H52N2/c1-31-27-37(23-25-39(31)41)29-35-19-15-33(16-20-35)13-11-9-7-5-3-4-6-8-10-12-14-34-17-21-36(22-18-34)30-38-24-26-40(42)32(2)28-38/h15-28H,3-14,29-30,41-42H2,1-2H3. The van der Waals surface area contributed by atoms with Crippen molar-refractivity contribution in [2.75, 3.05) is 11.5 Å². The molecule has 4 N–H and O–H groups in total. The highest BCUT2D eigenvalue weighted by Gasteiger charge is 2.02. The molecule has 222 valence electrons. The van der Waals surface area contributed by atoms with Crippen LogP contribution in [0.25, 0.3) is 0 Å². The summed E-state index contributed by atoms with van der Waals surface area (Å²) < 4.78 is 0. The fraction of sp³-hybridized carbons (Fsp3) is 0.400. The first-order chi connectivity index (χ1) is 20.5. The number of unbranched alkanes of at least 4 members (excludes halogenated alkanes) is 9. The molecule has 0 aliphatic rings. The van der Waals surface area contributed by atoms with Crippen LogP contribution in [0.1, 0.15) is 109 Å². The van der Waals surface area contributed by atoms with Crippen molar-refractivity contribution in [2.24, 2.45) is 0 Å². The van der Waals surface area contributed by atoms with Crippen LogP contribution in [-0.4, -0.2) is 0 Å². The van der Waals surface area contributed by atoms with Crippen molar-refractivity contribution >= 4 is 11.4 Å². The Bertz CT molecular complexity index is 1240. The van der Waals surface area contributed by atoms with Crippen molar-refractivity contribution in [3.8, 4) is 0 Å². The maximum atomic E-state index is 5.95. The number of benzene rings is 4. The molecule has 0 atom stereocenters. The Kier molecular flexibility index (Phi) is 12.6. The minimum absolute atomic E-state index is 0.875. The molecule has 0 radical (unpaired) electrons. The number of rotatable bonds is 17. The van der Waals surface area contributed by atoms with Crippen LogP contribution < -0.4 is 11.5 Å². The summed E-state index contributed by atoms with van der Waals surface area (Å²) in [5, 5.41) is 0. The summed E-state index contributed by atoms with van der Waals surface area (Å²) in [7, 11) is 0.